The molecule has 0 bridgehead atoms. The van der Waals surface area contributed by atoms with Crippen molar-refractivity contribution in [3.63, 3.8) is 0 Å². The minimum atomic E-state index is -1.07. The van der Waals surface area contributed by atoms with Crippen LogP contribution >= 0.6 is 11.6 Å². The topological polar surface area (TPSA) is 81.4 Å². The molecule has 0 aliphatic rings. The molecule has 1 rings (SSSR count). The van der Waals surface area contributed by atoms with Gasteiger partial charge in [-0.25, -0.2) is 0 Å². The number of methoxy groups -OCH3 is 1. The minimum absolute atomic E-state index is 0.268. The van der Waals surface area contributed by atoms with Crippen LogP contribution in [0.1, 0.15) is 0 Å². The lowest BCUT2D eigenvalue weighted by Crippen LogP contribution is -2.29. The Morgan fingerprint density at radius 2 is 2.13 bits per heavy atom. The zero-order chi connectivity index (χ0) is 11.4. The van der Waals surface area contributed by atoms with Gasteiger partial charge >= 0.3 is 11.8 Å². The summed E-state index contributed by atoms with van der Waals surface area (Å²) < 4.78 is 4.91. The van der Waals surface area contributed by atoms with Gasteiger partial charge in [0.25, 0.3) is 0 Å². The summed E-state index contributed by atoms with van der Waals surface area (Å²) in [6.45, 7) is 0. The largest absolute Gasteiger partial charge is 0.497 e. The third kappa shape index (κ3) is 2.85. The second kappa shape index (κ2) is 4.65. The van der Waals surface area contributed by atoms with E-state index >= 15 is 0 Å². The molecule has 0 heterocycles. The fraction of sp³-hybridized carbons (Fsp3) is 0.111. The monoisotopic (exact) mass is 228 g/mol. The first-order valence-electron chi connectivity index (χ1n) is 3.99. The van der Waals surface area contributed by atoms with Crippen LogP contribution in [0.3, 0.4) is 0 Å². The number of hydrogen-bond donors (Lipinski definition) is 2. The molecule has 0 aliphatic carbocycles. The van der Waals surface area contributed by atoms with Crippen LogP contribution in [0.5, 0.6) is 5.75 Å². The lowest BCUT2D eigenvalue weighted by atomic mass is 10.3. The number of carbonyl (C=O) groups is 2. The maximum Gasteiger partial charge on any atom is 0.313 e. The van der Waals surface area contributed by atoms with Crippen LogP contribution in [0.2, 0.25) is 5.02 Å². The van der Waals surface area contributed by atoms with Crippen molar-refractivity contribution in [1.29, 1.82) is 0 Å². The number of nitrogens with one attached hydrogen (secondary N) is 1. The number of amides is 2. The van der Waals surface area contributed by atoms with E-state index in [0.717, 1.165) is 0 Å². The van der Waals surface area contributed by atoms with Crippen molar-refractivity contribution in [2.24, 2.45) is 5.73 Å². The highest BCUT2D eigenvalue weighted by molar-refractivity contribution is 6.41. The van der Waals surface area contributed by atoms with Crippen LogP contribution in [0.25, 0.3) is 0 Å². The van der Waals surface area contributed by atoms with Gasteiger partial charge < -0.3 is 15.8 Å². The highest BCUT2D eigenvalue weighted by atomic mass is 35.5. The molecule has 0 aromatic heterocycles. The van der Waals surface area contributed by atoms with Gasteiger partial charge in [-0.1, -0.05) is 11.6 Å². The van der Waals surface area contributed by atoms with Crippen LogP contribution in [-0.2, 0) is 9.59 Å². The first kappa shape index (κ1) is 11.3. The predicted octanol–water partition coefficient (Wildman–Crippen LogP) is 0.772. The third-order valence-corrected chi connectivity index (χ3v) is 1.96. The highest BCUT2D eigenvalue weighted by Crippen LogP contribution is 2.26. The molecule has 5 nitrogen and oxygen atoms in total. The van der Waals surface area contributed by atoms with E-state index in [1.54, 1.807) is 6.07 Å². The van der Waals surface area contributed by atoms with E-state index in [4.69, 9.17) is 22.1 Å². The van der Waals surface area contributed by atoms with Crippen LogP contribution < -0.4 is 15.8 Å². The second-order valence-corrected chi connectivity index (χ2v) is 3.07. The lowest BCUT2D eigenvalue weighted by molar-refractivity contribution is -0.134. The molecule has 0 fully saturated rings. The van der Waals surface area contributed by atoms with Crippen molar-refractivity contribution in [1.82, 2.24) is 0 Å². The van der Waals surface area contributed by atoms with Gasteiger partial charge in [0.2, 0.25) is 0 Å². The summed E-state index contributed by atoms with van der Waals surface area (Å²) in [4.78, 5) is 21.4. The Bertz CT molecular complexity index is 406. The highest BCUT2D eigenvalue weighted by Gasteiger charge is 2.11. The molecule has 2 amide bonds. The van der Waals surface area contributed by atoms with Gasteiger partial charge in [0.05, 0.1) is 17.8 Å². The van der Waals surface area contributed by atoms with Gasteiger partial charge in [0.1, 0.15) is 5.75 Å². The molecule has 80 valence electrons. The fourth-order valence-corrected chi connectivity index (χ4v) is 1.13. The summed E-state index contributed by atoms with van der Waals surface area (Å²) >= 11 is 5.81. The summed E-state index contributed by atoms with van der Waals surface area (Å²) in [6.07, 6.45) is 0. The zero-order valence-electron chi connectivity index (χ0n) is 7.91. The number of carbonyl (C=O) groups excluding carboxylic acids is 2. The van der Waals surface area contributed by atoms with Gasteiger partial charge in [-0.3, -0.25) is 9.59 Å². The number of nitrogens with two attached hydrogens (primary N) is 1. The standard InChI is InChI=1S/C9H9ClN2O3/c1-15-5-2-3-7(6(10)4-5)12-9(14)8(11)13/h2-4H,1H3,(H2,11,13)(H,12,14). The quantitative estimate of drug-likeness (QED) is 0.734. The smallest absolute Gasteiger partial charge is 0.313 e. The van der Waals surface area contributed by atoms with Crippen molar-refractivity contribution in [2.75, 3.05) is 12.4 Å². The van der Waals surface area contributed by atoms with Crippen LogP contribution in [0.4, 0.5) is 5.69 Å². The van der Waals surface area contributed by atoms with E-state index in [9.17, 15) is 9.59 Å². The molecular weight excluding hydrogens is 220 g/mol. The molecule has 0 unspecified atom stereocenters. The summed E-state index contributed by atoms with van der Waals surface area (Å²) in [6, 6.07) is 4.63. The summed E-state index contributed by atoms with van der Waals surface area (Å²) in [7, 11) is 1.49. The number of anilines is 1. The van der Waals surface area contributed by atoms with Crippen molar-refractivity contribution < 1.29 is 14.3 Å². The normalized spacial score (nSPS) is 9.47. The number of hydrogen-bond acceptors (Lipinski definition) is 3. The number of rotatable bonds is 2. The summed E-state index contributed by atoms with van der Waals surface area (Å²) in [5, 5.41) is 2.53. The SMILES string of the molecule is COc1ccc(NC(=O)C(N)=O)c(Cl)c1. The lowest BCUT2D eigenvalue weighted by Gasteiger charge is -2.06. The van der Waals surface area contributed by atoms with Gasteiger partial charge in [0, 0.05) is 6.07 Å². The molecule has 6 heteroatoms. The Morgan fingerprint density at radius 3 is 2.60 bits per heavy atom. The molecule has 0 radical (unpaired) electrons. The van der Waals surface area contributed by atoms with Crippen LogP contribution in [0.15, 0.2) is 18.2 Å². The molecule has 1 aromatic rings. The maximum absolute atomic E-state index is 10.9. The summed E-state index contributed by atoms with van der Waals surface area (Å²) in [5.41, 5.74) is 5.08. The molecule has 0 aliphatic heterocycles. The molecule has 15 heavy (non-hydrogen) atoms. The van der Waals surface area contributed by atoms with E-state index in [2.05, 4.69) is 5.32 Å². The van der Waals surface area contributed by atoms with Crippen molar-refractivity contribution >= 4 is 29.1 Å². The van der Waals surface area contributed by atoms with Crippen molar-refractivity contribution in [3.8, 4) is 5.75 Å². The molecule has 0 saturated carbocycles. The van der Waals surface area contributed by atoms with Crippen molar-refractivity contribution in [2.45, 2.75) is 0 Å². The number of ether oxygens (including phenoxy) is 1. The molecule has 1 aromatic carbocycles. The van der Waals surface area contributed by atoms with Gasteiger partial charge in [-0.2, -0.15) is 0 Å². The fourth-order valence-electron chi connectivity index (χ4n) is 0.908. The van der Waals surface area contributed by atoms with Gasteiger partial charge in [-0.15, -0.1) is 0 Å². The van der Waals surface area contributed by atoms with E-state index in [-0.39, 0.29) is 5.02 Å². The molecule has 0 spiro atoms. The van der Waals surface area contributed by atoms with E-state index in [1.165, 1.54) is 19.2 Å². The average molecular weight is 229 g/mol. The number of benzene rings is 1. The zero-order valence-corrected chi connectivity index (χ0v) is 8.67. The minimum Gasteiger partial charge on any atom is -0.497 e. The first-order valence-corrected chi connectivity index (χ1v) is 4.36. The van der Waals surface area contributed by atoms with Gasteiger partial charge in [-0.05, 0) is 12.1 Å². The second-order valence-electron chi connectivity index (χ2n) is 2.66. The third-order valence-electron chi connectivity index (χ3n) is 1.65. The van der Waals surface area contributed by atoms with Gasteiger partial charge in [0.15, 0.2) is 0 Å². The van der Waals surface area contributed by atoms with E-state index < -0.39 is 11.8 Å². The Balaban J connectivity index is 2.87. The molecule has 0 saturated heterocycles. The Labute approximate surface area is 91.2 Å². The Morgan fingerprint density at radius 1 is 1.47 bits per heavy atom. The van der Waals surface area contributed by atoms with E-state index in [0.29, 0.717) is 11.4 Å². The van der Waals surface area contributed by atoms with Crippen LogP contribution in [-0.4, -0.2) is 18.9 Å². The van der Waals surface area contributed by atoms with E-state index in [1.807, 2.05) is 0 Å². The summed E-state index contributed by atoms with van der Waals surface area (Å²) in [5.74, 6) is -1.43. The predicted molar refractivity (Wildman–Crippen MR) is 55.8 cm³/mol. The first-order chi connectivity index (χ1) is 7.04. The van der Waals surface area contributed by atoms with Crippen LogP contribution in [0, 0.1) is 0 Å². The number of primary amides is 1. The maximum atomic E-state index is 10.9. The van der Waals surface area contributed by atoms with Crippen molar-refractivity contribution in [3.05, 3.63) is 23.2 Å². The molecule has 3 N–H and O–H groups in total. The Kier molecular flexibility index (Phi) is 3.51. The number of halogens is 1. The average Bonchev–Trinajstić information content (AvgIpc) is 2.20. The molecule has 0 atom stereocenters. The molecular formula is C9H9ClN2O3. The Hall–Kier alpha value is -1.75.